The van der Waals surface area contributed by atoms with Crippen LogP contribution in [0.2, 0.25) is 0 Å². The molecule has 1 aromatic carbocycles. The molecule has 0 atom stereocenters. The van der Waals surface area contributed by atoms with Crippen LogP contribution < -0.4 is 4.90 Å². The zero-order chi connectivity index (χ0) is 14.8. The first-order valence-electron chi connectivity index (χ1n) is 7.18. The van der Waals surface area contributed by atoms with Crippen LogP contribution in [0.1, 0.15) is 35.3 Å². The van der Waals surface area contributed by atoms with Crippen LogP contribution in [0.3, 0.4) is 0 Å². The number of aryl methyl sites for hydroxylation is 1. The van der Waals surface area contributed by atoms with Gasteiger partial charge in [0.1, 0.15) is 0 Å². The second-order valence-electron chi connectivity index (χ2n) is 5.35. The van der Waals surface area contributed by atoms with E-state index < -0.39 is 5.97 Å². The summed E-state index contributed by atoms with van der Waals surface area (Å²) in [5.41, 5.74) is 1.89. The Hall–Kier alpha value is -2.37. The van der Waals surface area contributed by atoms with Gasteiger partial charge in [-0.05, 0) is 43.9 Å². The van der Waals surface area contributed by atoms with Crippen molar-refractivity contribution < 1.29 is 9.90 Å². The molecule has 1 N–H and O–H groups in total. The fourth-order valence-electron chi connectivity index (χ4n) is 2.62. The first-order chi connectivity index (χ1) is 10.1. The Balaban J connectivity index is 2.01. The Labute approximate surface area is 123 Å². The molecule has 21 heavy (non-hydrogen) atoms. The van der Waals surface area contributed by atoms with Crippen molar-refractivity contribution in [3.63, 3.8) is 0 Å². The number of anilines is 1. The fraction of sp³-hybridized carbons (Fsp3) is 0.400. The number of carboxylic acids is 1. The maximum Gasteiger partial charge on any atom is 0.360 e. The Kier molecular flexibility index (Phi) is 3.60. The molecule has 0 spiro atoms. The van der Waals surface area contributed by atoms with Gasteiger partial charge >= 0.3 is 5.97 Å². The average molecular weight is 286 g/mol. The van der Waals surface area contributed by atoms with Gasteiger partial charge in [0, 0.05) is 13.1 Å². The third kappa shape index (κ3) is 2.74. The topological polar surface area (TPSA) is 71.2 Å². The van der Waals surface area contributed by atoms with Gasteiger partial charge in [-0.25, -0.2) is 4.79 Å². The van der Waals surface area contributed by atoms with Crippen LogP contribution in [0.5, 0.6) is 0 Å². The molecule has 0 radical (unpaired) electrons. The highest BCUT2D eigenvalue weighted by atomic mass is 16.4. The zero-order valence-corrected chi connectivity index (χ0v) is 12.0. The van der Waals surface area contributed by atoms with Crippen LogP contribution in [0.4, 0.5) is 5.82 Å². The Morgan fingerprint density at radius 3 is 2.62 bits per heavy atom. The Bertz CT molecular complexity index is 659. The molecule has 1 saturated heterocycles. The minimum Gasteiger partial charge on any atom is -0.476 e. The van der Waals surface area contributed by atoms with Gasteiger partial charge in [0.15, 0.2) is 5.82 Å². The van der Waals surface area contributed by atoms with E-state index in [0.717, 1.165) is 37.2 Å². The summed E-state index contributed by atoms with van der Waals surface area (Å²) in [6.07, 6.45) is 3.32. The third-order valence-corrected chi connectivity index (χ3v) is 3.69. The number of hydrogen-bond donors (Lipinski definition) is 1. The normalized spacial score (nSPS) is 15.2. The molecule has 1 aromatic heterocycles. The van der Waals surface area contributed by atoms with Gasteiger partial charge in [0.2, 0.25) is 5.69 Å². The molecule has 0 amide bonds. The molecular formula is C15H18N4O2. The molecule has 0 bridgehead atoms. The van der Waals surface area contributed by atoms with E-state index in [9.17, 15) is 9.90 Å². The largest absolute Gasteiger partial charge is 0.476 e. The monoisotopic (exact) mass is 286 g/mol. The number of carbonyl (C=O) groups is 1. The summed E-state index contributed by atoms with van der Waals surface area (Å²) >= 11 is 0. The lowest BCUT2D eigenvalue weighted by Crippen LogP contribution is -2.31. The van der Waals surface area contributed by atoms with E-state index in [1.807, 2.05) is 36.1 Å². The van der Waals surface area contributed by atoms with Crippen LogP contribution >= 0.6 is 0 Å². The lowest BCUT2D eigenvalue weighted by atomic mass is 10.1. The number of nitrogens with zero attached hydrogens (tertiary/aromatic N) is 4. The maximum atomic E-state index is 11.4. The van der Waals surface area contributed by atoms with E-state index in [1.54, 1.807) is 0 Å². The van der Waals surface area contributed by atoms with Crippen LogP contribution in [0.15, 0.2) is 24.3 Å². The highest BCUT2D eigenvalue weighted by molar-refractivity contribution is 5.91. The molecule has 110 valence electrons. The van der Waals surface area contributed by atoms with Crippen molar-refractivity contribution in [2.75, 3.05) is 18.0 Å². The molecule has 6 heteroatoms. The first kappa shape index (κ1) is 13.6. The molecule has 2 heterocycles. The van der Waals surface area contributed by atoms with E-state index in [4.69, 9.17) is 0 Å². The smallest absolute Gasteiger partial charge is 0.360 e. The van der Waals surface area contributed by atoms with Gasteiger partial charge in [-0.2, -0.15) is 0 Å². The molecule has 3 rings (SSSR count). The standard InChI is InChI=1S/C15H18N4O2/c1-11-6-5-7-12(10-11)19-16-13(15(20)21)14(17-19)18-8-3-2-4-9-18/h5-7,10H,2-4,8-9H2,1H3,(H,20,21). The third-order valence-electron chi connectivity index (χ3n) is 3.69. The van der Waals surface area contributed by atoms with E-state index in [1.165, 1.54) is 11.2 Å². The SMILES string of the molecule is Cc1cccc(-n2nc(C(=O)O)c(N3CCCCC3)n2)c1. The predicted octanol–water partition coefficient (Wildman–Crippen LogP) is 2.26. The summed E-state index contributed by atoms with van der Waals surface area (Å²) < 4.78 is 0. The summed E-state index contributed by atoms with van der Waals surface area (Å²) in [5, 5.41) is 17.9. The van der Waals surface area contributed by atoms with Crippen molar-refractivity contribution >= 4 is 11.8 Å². The number of aromatic nitrogens is 3. The zero-order valence-electron chi connectivity index (χ0n) is 12.0. The lowest BCUT2D eigenvalue weighted by molar-refractivity contribution is 0.0690. The number of rotatable bonds is 3. The molecular weight excluding hydrogens is 268 g/mol. The second-order valence-corrected chi connectivity index (χ2v) is 5.35. The quantitative estimate of drug-likeness (QED) is 0.937. The average Bonchev–Trinajstić information content (AvgIpc) is 2.93. The van der Waals surface area contributed by atoms with Gasteiger partial charge in [-0.3, -0.25) is 0 Å². The van der Waals surface area contributed by atoms with Crippen molar-refractivity contribution in [1.29, 1.82) is 0 Å². The summed E-state index contributed by atoms with van der Waals surface area (Å²) in [7, 11) is 0. The fourth-order valence-corrected chi connectivity index (χ4v) is 2.62. The van der Waals surface area contributed by atoms with Gasteiger partial charge < -0.3 is 10.0 Å². The summed E-state index contributed by atoms with van der Waals surface area (Å²) in [4.78, 5) is 14.9. The predicted molar refractivity (Wildman–Crippen MR) is 79.1 cm³/mol. The minimum atomic E-state index is -1.03. The van der Waals surface area contributed by atoms with E-state index in [-0.39, 0.29) is 5.69 Å². The van der Waals surface area contributed by atoms with Gasteiger partial charge in [-0.1, -0.05) is 12.1 Å². The second kappa shape index (κ2) is 5.55. The van der Waals surface area contributed by atoms with Crippen molar-refractivity contribution in [3.8, 4) is 5.69 Å². The van der Waals surface area contributed by atoms with Crippen molar-refractivity contribution in [2.45, 2.75) is 26.2 Å². The molecule has 6 nitrogen and oxygen atoms in total. The number of piperidine rings is 1. The highest BCUT2D eigenvalue weighted by Crippen LogP contribution is 2.22. The number of benzene rings is 1. The molecule has 0 aliphatic carbocycles. The molecule has 1 aliphatic heterocycles. The minimum absolute atomic E-state index is 0.0263. The van der Waals surface area contributed by atoms with E-state index in [0.29, 0.717) is 5.82 Å². The van der Waals surface area contributed by atoms with Crippen LogP contribution in [-0.2, 0) is 0 Å². The maximum absolute atomic E-state index is 11.4. The molecule has 0 unspecified atom stereocenters. The van der Waals surface area contributed by atoms with Crippen molar-refractivity contribution in [3.05, 3.63) is 35.5 Å². The summed E-state index contributed by atoms with van der Waals surface area (Å²) in [6.45, 7) is 3.66. The van der Waals surface area contributed by atoms with E-state index >= 15 is 0 Å². The first-order valence-corrected chi connectivity index (χ1v) is 7.18. The van der Waals surface area contributed by atoms with Gasteiger partial charge in [0.05, 0.1) is 5.69 Å². The highest BCUT2D eigenvalue weighted by Gasteiger charge is 2.24. The van der Waals surface area contributed by atoms with Gasteiger partial charge in [-0.15, -0.1) is 15.0 Å². The molecule has 1 fully saturated rings. The van der Waals surface area contributed by atoms with E-state index in [2.05, 4.69) is 10.2 Å². The number of carboxylic acid groups (broad SMARTS) is 1. The molecule has 1 aliphatic rings. The number of hydrogen-bond acceptors (Lipinski definition) is 4. The molecule has 2 aromatic rings. The lowest BCUT2D eigenvalue weighted by Gasteiger charge is -2.26. The molecule has 0 saturated carbocycles. The van der Waals surface area contributed by atoms with Crippen molar-refractivity contribution in [1.82, 2.24) is 15.0 Å². The van der Waals surface area contributed by atoms with Crippen LogP contribution in [-0.4, -0.2) is 39.2 Å². The van der Waals surface area contributed by atoms with Crippen LogP contribution in [0.25, 0.3) is 5.69 Å². The Morgan fingerprint density at radius 2 is 1.95 bits per heavy atom. The number of aromatic carboxylic acids is 1. The van der Waals surface area contributed by atoms with Gasteiger partial charge in [0.25, 0.3) is 0 Å². The summed E-state index contributed by atoms with van der Waals surface area (Å²) in [6, 6.07) is 7.70. The Morgan fingerprint density at radius 1 is 1.19 bits per heavy atom. The van der Waals surface area contributed by atoms with Crippen molar-refractivity contribution in [2.24, 2.45) is 0 Å². The summed E-state index contributed by atoms with van der Waals surface area (Å²) in [5.74, 6) is -0.557. The van der Waals surface area contributed by atoms with Crippen LogP contribution in [0, 0.1) is 6.92 Å².